The summed E-state index contributed by atoms with van der Waals surface area (Å²) in [6, 6.07) is 14.4. The standard InChI is InChI=1S/C31H41N3O7Si/c1-19-28(42(3,4)40)26(16-27(37)33-15-7-8-23(33)18-35)41-31(19)24-9-5-6-10-25(24)34(30(31)39)17-21-11-13-22(14-12-21)32-29(38)20(2)36/h5-6,9-14,19-20,23,26,28,35-36,40H,7-8,15-18H2,1-4H3,(H,32,38)/t19-,20+,23+,26+,28-,31+/m1/s1. The molecule has 2 aromatic carbocycles. The molecular weight excluding hydrogens is 554 g/mol. The number of para-hydroxylation sites is 1. The van der Waals surface area contributed by atoms with Crippen LogP contribution in [0, 0.1) is 5.92 Å². The van der Waals surface area contributed by atoms with E-state index in [2.05, 4.69) is 5.32 Å². The van der Waals surface area contributed by atoms with E-state index in [1.165, 1.54) is 6.92 Å². The van der Waals surface area contributed by atoms with E-state index in [4.69, 9.17) is 4.74 Å². The minimum Gasteiger partial charge on any atom is -0.432 e. The van der Waals surface area contributed by atoms with E-state index in [-0.39, 0.29) is 48.9 Å². The number of rotatable bonds is 8. The Bertz CT molecular complexity index is 1340. The maximum atomic E-state index is 14.5. The molecule has 42 heavy (non-hydrogen) atoms. The molecule has 3 heterocycles. The van der Waals surface area contributed by atoms with E-state index in [1.54, 1.807) is 21.9 Å². The fourth-order valence-electron chi connectivity index (χ4n) is 7.15. The average Bonchev–Trinajstić information content (AvgIpc) is 3.60. The number of nitrogens with one attached hydrogen (secondary N) is 1. The van der Waals surface area contributed by atoms with Crippen molar-refractivity contribution in [2.75, 3.05) is 23.4 Å². The molecule has 2 aromatic rings. The summed E-state index contributed by atoms with van der Waals surface area (Å²) >= 11 is 0. The van der Waals surface area contributed by atoms with Crippen LogP contribution in [0.15, 0.2) is 48.5 Å². The van der Waals surface area contributed by atoms with Crippen molar-refractivity contribution in [3.63, 3.8) is 0 Å². The van der Waals surface area contributed by atoms with Crippen molar-refractivity contribution in [1.29, 1.82) is 0 Å². The van der Waals surface area contributed by atoms with Gasteiger partial charge >= 0.3 is 0 Å². The van der Waals surface area contributed by atoms with E-state index in [9.17, 15) is 29.4 Å². The number of hydrogen-bond acceptors (Lipinski definition) is 7. The highest BCUT2D eigenvalue weighted by molar-refractivity contribution is 6.71. The molecule has 226 valence electrons. The first-order valence-electron chi connectivity index (χ1n) is 14.7. The van der Waals surface area contributed by atoms with Crippen molar-refractivity contribution in [2.24, 2.45) is 5.92 Å². The predicted octanol–water partition coefficient (Wildman–Crippen LogP) is 2.72. The van der Waals surface area contributed by atoms with Gasteiger partial charge < -0.3 is 34.9 Å². The number of aliphatic hydroxyl groups is 2. The summed E-state index contributed by atoms with van der Waals surface area (Å²) in [6.07, 6.45) is -0.144. The number of amides is 3. The molecule has 3 aliphatic heterocycles. The molecule has 3 amide bonds. The zero-order chi connectivity index (χ0) is 30.4. The second-order valence-electron chi connectivity index (χ2n) is 12.4. The van der Waals surface area contributed by atoms with E-state index < -0.39 is 32.0 Å². The van der Waals surface area contributed by atoms with Crippen LogP contribution in [-0.2, 0) is 31.3 Å². The first-order chi connectivity index (χ1) is 19.9. The van der Waals surface area contributed by atoms with Gasteiger partial charge in [0.2, 0.25) is 5.91 Å². The molecule has 0 saturated carbocycles. The third kappa shape index (κ3) is 5.28. The Morgan fingerprint density at radius 2 is 1.86 bits per heavy atom. The van der Waals surface area contributed by atoms with E-state index in [1.807, 2.05) is 56.4 Å². The van der Waals surface area contributed by atoms with Crippen molar-refractivity contribution in [3.05, 3.63) is 59.7 Å². The molecule has 6 atom stereocenters. The molecule has 0 unspecified atom stereocenters. The van der Waals surface area contributed by atoms with Crippen molar-refractivity contribution >= 4 is 37.4 Å². The Hall–Kier alpha value is -3.09. The number of nitrogens with zero attached hydrogens (tertiary/aromatic N) is 2. The van der Waals surface area contributed by atoms with Gasteiger partial charge in [0.05, 0.1) is 37.4 Å². The fourth-order valence-corrected chi connectivity index (χ4v) is 9.71. The number of carbonyl (C=O) groups is 3. The molecule has 5 rings (SSSR count). The van der Waals surface area contributed by atoms with Gasteiger partial charge in [0.25, 0.3) is 11.8 Å². The highest BCUT2D eigenvalue weighted by atomic mass is 28.4. The molecule has 10 nitrogen and oxygen atoms in total. The van der Waals surface area contributed by atoms with Crippen LogP contribution in [0.4, 0.5) is 11.4 Å². The van der Waals surface area contributed by atoms with Gasteiger partial charge in [-0.1, -0.05) is 37.3 Å². The Morgan fingerprint density at radius 1 is 1.17 bits per heavy atom. The number of anilines is 2. The molecule has 2 saturated heterocycles. The summed E-state index contributed by atoms with van der Waals surface area (Å²) in [5.41, 5.74) is 1.12. The van der Waals surface area contributed by atoms with Gasteiger partial charge in [0, 0.05) is 29.3 Å². The molecule has 1 spiro atoms. The SMILES string of the molecule is C[C@H](O)C(=O)Nc1ccc(CN2C(=O)[C@@]3(O[C@@H](CC(=O)N4CCC[C@H]4CO)[C@H]([Si](C)(C)O)[C@H]3C)c3ccccc32)cc1. The molecule has 0 aromatic heterocycles. The smallest absolute Gasteiger partial charge is 0.264 e. The summed E-state index contributed by atoms with van der Waals surface area (Å²) in [6.45, 7) is 7.77. The van der Waals surface area contributed by atoms with Crippen molar-refractivity contribution in [1.82, 2.24) is 4.90 Å². The first-order valence-corrected chi connectivity index (χ1v) is 17.7. The normalized spacial score (nSPS) is 27.9. The fraction of sp³-hybridized carbons (Fsp3) is 0.516. The van der Waals surface area contributed by atoms with E-state index >= 15 is 0 Å². The zero-order valence-corrected chi connectivity index (χ0v) is 25.6. The van der Waals surface area contributed by atoms with Crippen LogP contribution in [0.3, 0.4) is 0 Å². The van der Waals surface area contributed by atoms with Gasteiger partial charge in [-0.25, -0.2) is 0 Å². The van der Waals surface area contributed by atoms with Crippen molar-refractivity contribution in [2.45, 2.75) is 82.1 Å². The van der Waals surface area contributed by atoms with Crippen molar-refractivity contribution in [3.8, 4) is 0 Å². The Labute approximate surface area is 247 Å². The van der Waals surface area contributed by atoms with Crippen LogP contribution in [-0.4, -0.2) is 77.3 Å². The number of hydrogen-bond donors (Lipinski definition) is 4. The monoisotopic (exact) mass is 595 g/mol. The minimum atomic E-state index is -2.92. The molecule has 11 heteroatoms. The maximum Gasteiger partial charge on any atom is 0.264 e. The third-order valence-corrected chi connectivity index (χ3v) is 11.6. The molecule has 2 fully saturated rings. The lowest BCUT2D eigenvalue weighted by Crippen LogP contribution is -2.46. The minimum absolute atomic E-state index is 0.0410. The number of likely N-dealkylation sites (tertiary alicyclic amines) is 1. The lowest BCUT2D eigenvalue weighted by atomic mass is 9.82. The summed E-state index contributed by atoms with van der Waals surface area (Å²) in [7, 11) is -2.92. The second kappa shape index (κ2) is 11.5. The topological polar surface area (TPSA) is 140 Å². The summed E-state index contributed by atoms with van der Waals surface area (Å²) in [5.74, 6) is -1.24. The highest BCUT2D eigenvalue weighted by Crippen LogP contribution is 2.59. The average molecular weight is 596 g/mol. The molecule has 0 bridgehead atoms. The number of aliphatic hydroxyl groups excluding tert-OH is 2. The van der Waals surface area contributed by atoms with Gasteiger partial charge in [-0.15, -0.1) is 0 Å². The van der Waals surface area contributed by atoms with Crippen LogP contribution in [0.25, 0.3) is 0 Å². The van der Waals surface area contributed by atoms with Gasteiger partial charge in [-0.05, 0) is 56.6 Å². The van der Waals surface area contributed by atoms with Gasteiger partial charge in [0.1, 0.15) is 6.10 Å². The van der Waals surface area contributed by atoms with Gasteiger partial charge in [-0.3, -0.25) is 14.4 Å². The number of ether oxygens (including phenoxy) is 1. The second-order valence-corrected chi connectivity index (χ2v) is 16.4. The highest BCUT2D eigenvalue weighted by Gasteiger charge is 2.66. The summed E-state index contributed by atoms with van der Waals surface area (Å²) in [4.78, 5) is 54.6. The lowest BCUT2D eigenvalue weighted by Gasteiger charge is -2.32. The number of fused-ring (bicyclic) bond motifs is 2. The van der Waals surface area contributed by atoms with Crippen LogP contribution in [0.5, 0.6) is 0 Å². The molecular formula is C31H41N3O7Si. The molecule has 0 radical (unpaired) electrons. The van der Waals surface area contributed by atoms with Crippen LogP contribution < -0.4 is 10.2 Å². The maximum absolute atomic E-state index is 14.5. The quantitative estimate of drug-likeness (QED) is 0.344. The van der Waals surface area contributed by atoms with Crippen LogP contribution >= 0.6 is 0 Å². The Kier molecular flexibility index (Phi) is 8.34. The molecule has 0 aliphatic carbocycles. The van der Waals surface area contributed by atoms with E-state index in [0.717, 1.165) is 29.7 Å². The largest absolute Gasteiger partial charge is 0.432 e. The Morgan fingerprint density at radius 3 is 2.50 bits per heavy atom. The first kappa shape index (κ1) is 30.4. The van der Waals surface area contributed by atoms with Crippen LogP contribution in [0.2, 0.25) is 18.6 Å². The number of carbonyl (C=O) groups excluding carboxylic acids is 3. The van der Waals surface area contributed by atoms with Gasteiger partial charge in [0.15, 0.2) is 13.9 Å². The number of benzene rings is 2. The summed E-state index contributed by atoms with van der Waals surface area (Å²) in [5, 5.41) is 21.9. The lowest BCUT2D eigenvalue weighted by molar-refractivity contribution is -0.150. The zero-order valence-electron chi connectivity index (χ0n) is 24.6. The molecule has 4 N–H and O–H groups in total. The van der Waals surface area contributed by atoms with Crippen LogP contribution in [0.1, 0.15) is 44.2 Å². The summed E-state index contributed by atoms with van der Waals surface area (Å²) < 4.78 is 6.75. The van der Waals surface area contributed by atoms with Gasteiger partial charge in [-0.2, -0.15) is 0 Å². The third-order valence-electron chi connectivity index (χ3n) is 9.12. The predicted molar refractivity (Wildman–Crippen MR) is 160 cm³/mol. The van der Waals surface area contributed by atoms with E-state index in [0.29, 0.717) is 12.2 Å². The Balaban J connectivity index is 1.44. The molecule has 3 aliphatic rings. The van der Waals surface area contributed by atoms with Crippen molar-refractivity contribution < 1.29 is 34.1 Å².